The van der Waals surface area contributed by atoms with Crippen molar-refractivity contribution < 1.29 is 33.7 Å². The second-order valence-corrected chi connectivity index (χ2v) is 5.65. The minimum absolute atomic E-state index is 0.0320. The Balaban J connectivity index is 2.25. The maximum absolute atomic E-state index is 14.3. The number of imide groups is 1. The summed E-state index contributed by atoms with van der Waals surface area (Å²) in [6, 6.07) is -0.898. The lowest BCUT2D eigenvalue weighted by atomic mass is 10.1. The number of ether oxygens (including phenoxy) is 2. The van der Waals surface area contributed by atoms with Gasteiger partial charge >= 0.3 is 6.03 Å². The van der Waals surface area contributed by atoms with E-state index in [4.69, 9.17) is 14.6 Å². The lowest BCUT2D eigenvalue weighted by Gasteiger charge is -2.42. The maximum Gasteiger partial charge on any atom is 0.328 e. The van der Waals surface area contributed by atoms with E-state index in [0.29, 0.717) is 0 Å². The zero-order valence-electron chi connectivity index (χ0n) is 10.5. The molecule has 114 valence electrons. The van der Waals surface area contributed by atoms with Gasteiger partial charge in [-0.2, -0.15) is 0 Å². The van der Waals surface area contributed by atoms with Crippen LogP contribution in [-0.2, 0) is 14.3 Å². The highest BCUT2D eigenvalue weighted by molar-refractivity contribution is 9.10. The molecule has 2 saturated heterocycles. The highest BCUT2D eigenvalue weighted by atomic mass is 79.9. The summed E-state index contributed by atoms with van der Waals surface area (Å²) >= 11 is 2.58. The van der Waals surface area contributed by atoms with Crippen LogP contribution in [-0.4, -0.2) is 70.0 Å². The van der Waals surface area contributed by atoms with Crippen molar-refractivity contribution in [1.29, 1.82) is 0 Å². The van der Waals surface area contributed by atoms with Gasteiger partial charge in [0.1, 0.15) is 12.3 Å². The Labute approximate surface area is 121 Å². The molecule has 8 nitrogen and oxygen atoms in total. The van der Waals surface area contributed by atoms with E-state index in [1.807, 2.05) is 5.32 Å². The number of rotatable bonds is 3. The van der Waals surface area contributed by atoms with Crippen molar-refractivity contribution in [2.24, 2.45) is 0 Å². The Hall–Kier alpha value is -0.810. The van der Waals surface area contributed by atoms with Crippen molar-refractivity contribution in [3.8, 4) is 0 Å². The van der Waals surface area contributed by atoms with Gasteiger partial charge in [0.2, 0.25) is 0 Å². The number of aliphatic hydroxyl groups is 2. The van der Waals surface area contributed by atoms with Crippen LogP contribution in [0.15, 0.2) is 0 Å². The van der Waals surface area contributed by atoms with Gasteiger partial charge in [0, 0.05) is 13.5 Å². The number of methoxy groups -OCH3 is 1. The predicted molar refractivity (Wildman–Crippen MR) is 65.3 cm³/mol. The van der Waals surface area contributed by atoms with Crippen molar-refractivity contribution in [1.82, 2.24) is 10.2 Å². The molecular formula is C10H14BrFN2O6. The minimum atomic E-state index is -2.64. The molecule has 20 heavy (non-hydrogen) atoms. The first-order valence-electron chi connectivity index (χ1n) is 5.81. The Morgan fingerprint density at radius 3 is 2.80 bits per heavy atom. The number of carbonyl (C=O) groups is 2. The first kappa shape index (κ1) is 15.6. The van der Waals surface area contributed by atoms with E-state index in [0.717, 1.165) is 12.0 Å². The third kappa shape index (κ3) is 2.42. The monoisotopic (exact) mass is 356 g/mol. The first-order chi connectivity index (χ1) is 9.32. The molecule has 0 saturated carbocycles. The van der Waals surface area contributed by atoms with Crippen LogP contribution in [0.1, 0.15) is 6.42 Å². The second kappa shape index (κ2) is 5.53. The molecule has 0 aromatic rings. The van der Waals surface area contributed by atoms with E-state index >= 15 is 0 Å². The van der Waals surface area contributed by atoms with Crippen LogP contribution < -0.4 is 5.32 Å². The number of nitrogens with zero attached hydrogens (tertiary/aromatic N) is 1. The summed E-state index contributed by atoms with van der Waals surface area (Å²) in [4.78, 5) is 24.1. The molecule has 0 aromatic heterocycles. The van der Waals surface area contributed by atoms with E-state index in [-0.39, 0.29) is 6.42 Å². The SMILES string of the molecule is COC1N([C@@H]2C[C@H](O)[C@@H](CO)O2)C(=O)NC(=O)C1(F)Br. The van der Waals surface area contributed by atoms with Gasteiger partial charge in [0.15, 0.2) is 6.23 Å². The number of alkyl halides is 2. The molecule has 0 radical (unpaired) electrons. The average molecular weight is 357 g/mol. The van der Waals surface area contributed by atoms with Crippen molar-refractivity contribution in [3.05, 3.63) is 0 Å². The van der Waals surface area contributed by atoms with Crippen molar-refractivity contribution >= 4 is 27.9 Å². The fourth-order valence-corrected chi connectivity index (χ4v) is 2.74. The summed E-state index contributed by atoms with van der Waals surface area (Å²) in [6.45, 7) is -0.446. The molecule has 2 unspecified atom stereocenters. The number of carbonyl (C=O) groups excluding carboxylic acids is 2. The Morgan fingerprint density at radius 1 is 1.65 bits per heavy atom. The Morgan fingerprint density at radius 2 is 2.30 bits per heavy atom. The van der Waals surface area contributed by atoms with E-state index in [1.165, 1.54) is 0 Å². The van der Waals surface area contributed by atoms with E-state index in [9.17, 15) is 19.1 Å². The molecule has 3 N–H and O–H groups in total. The van der Waals surface area contributed by atoms with Gasteiger partial charge in [0.05, 0.1) is 12.7 Å². The van der Waals surface area contributed by atoms with Gasteiger partial charge in [-0.3, -0.25) is 15.0 Å². The molecular weight excluding hydrogens is 343 g/mol. The summed E-state index contributed by atoms with van der Waals surface area (Å²) < 4.78 is 21.8. The molecule has 2 heterocycles. The zero-order valence-corrected chi connectivity index (χ0v) is 12.0. The van der Waals surface area contributed by atoms with Gasteiger partial charge < -0.3 is 19.7 Å². The Kier molecular flexibility index (Phi) is 4.30. The highest BCUT2D eigenvalue weighted by Gasteiger charge is 2.57. The number of nitrogens with one attached hydrogen (secondary N) is 1. The summed E-state index contributed by atoms with van der Waals surface area (Å²) in [6.07, 6.45) is -4.49. The molecule has 2 rings (SSSR count). The number of hydrogen-bond acceptors (Lipinski definition) is 6. The van der Waals surface area contributed by atoms with Gasteiger partial charge in [-0.15, -0.1) is 0 Å². The molecule has 0 spiro atoms. The molecule has 10 heteroatoms. The van der Waals surface area contributed by atoms with Crippen LogP contribution in [0, 0.1) is 0 Å². The number of urea groups is 1. The van der Waals surface area contributed by atoms with E-state index in [2.05, 4.69) is 15.9 Å². The highest BCUT2D eigenvalue weighted by Crippen LogP contribution is 2.36. The number of aliphatic hydroxyl groups excluding tert-OH is 2. The first-order valence-corrected chi connectivity index (χ1v) is 6.61. The van der Waals surface area contributed by atoms with Crippen LogP contribution in [0.25, 0.3) is 0 Å². The predicted octanol–water partition coefficient (Wildman–Crippen LogP) is -0.960. The average Bonchev–Trinajstić information content (AvgIpc) is 2.74. The molecule has 0 aliphatic carbocycles. The van der Waals surface area contributed by atoms with Crippen molar-refractivity contribution in [2.75, 3.05) is 13.7 Å². The smallest absolute Gasteiger partial charge is 0.328 e. The molecule has 3 amide bonds. The van der Waals surface area contributed by atoms with Crippen molar-refractivity contribution in [3.63, 3.8) is 0 Å². The van der Waals surface area contributed by atoms with Crippen LogP contribution in [0.4, 0.5) is 9.18 Å². The summed E-state index contributed by atoms with van der Waals surface area (Å²) in [5, 5.41) is 20.5. The lowest BCUT2D eigenvalue weighted by Crippen LogP contribution is -2.68. The maximum atomic E-state index is 14.3. The quantitative estimate of drug-likeness (QED) is 0.562. The van der Waals surface area contributed by atoms with Gasteiger partial charge in [-0.05, 0) is 15.9 Å². The third-order valence-electron chi connectivity index (χ3n) is 3.24. The van der Waals surface area contributed by atoms with Gasteiger partial charge in [0.25, 0.3) is 10.5 Å². The van der Waals surface area contributed by atoms with E-state index < -0.39 is 47.8 Å². The molecule has 0 aromatic carbocycles. The zero-order chi connectivity index (χ0) is 15.1. The standard InChI is InChI=1S/C10H14BrFN2O6/c1-19-8-10(11,12)7(17)13-9(18)14(8)6-2-4(16)5(3-15)20-6/h4-6,8,15-16H,2-3H2,1H3,(H,13,17,18)/t4-,5+,6-,8?,10?/m0/s1. The second-order valence-electron chi connectivity index (χ2n) is 4.49. The van der Waals surface area contributed by atoms with Gasteiger partial charge in [-0.1, -0.05) is 0 Å². The number of amides is 3. The topological polar surface area (TPSA) is 108 Å². The summed E-state index contributed by atoms with van der Waals surface area (Å²) in [5.74, 6) is -1.18. The van der Waals surface area contributed by atoms with Crippen molar-refractivity contribution in [2.45, 2.75) is 35.7 Å². The Bertz CT molecular complexity index is 423. The third-order valence-corrected chi connectivity index (χ3v) is 3.99. The van der Waals surface area contributed by atoms with Crippen LogP contribution in [0.5, 0.6) is 0 Å². The largest absolute Gasteiger partial charge is 0.394 e. The van der Waals surface area contributed by atoms with E-state index in [1.54, 1.807) is 0 Å². The van der Waals surface area contributed by atoms with Crippen LogP contribution in [0.2, 0.25) is 0 Å². The molecule has 5 atom stereocenters. The normalized spacial score (nSPS) is 42.0. The molecule has 2 fully saturated rings. The molecule has 2 aliphatic rings. The van der Waals surface area contributed by atoms with Gasteiger partial charge in [-0.25, -0.2) is 9.18 Å². The number of halogens is 2. The molecule has 2 aliphatic heterocycles. The molecule has 0 bridgehead atoms. The minimum Gasteiger partial charge on any atom is -0.394 e. The van der Waals surface area contributed by atoms with Crippen LogP contribution in [0.3, 0.4) is 0 Å². The summed E-state index contributed by atoms with van der Waals surface area (Å²) in [7, 11) is 1.13. The fourth-order valence-electron chi connectivity index (χ4n) is 2.23. The number of hydrogen-bond donors (Lipinski definition) is 3. The van der Waals surface area contributed by atoms with Crippen LogP contribution >= 0.6 is 15.9 Å². The fraction of sp³-hybridized carbons (Fsp3) is 0.800. The summed E-state index contributed by atoms with van der Waals surface area (Å²) in [5.41, 5.74) is 0. The lowest BCUT2D eigenvalue weighted by molar-refractivity contribution is -0.169.